The van der Waals surface area contributed by atoms with Gasteiger partial charge in [-0.3, -0.25) is 4.79 Å². The summed E-state index contributed by atoms with van der Waals surface area (Å²) in [7, 11) is -2.95. The van der Waals surface area contributed by atoms with Crippen molar-refractivity contribution in [2.45, 2.75) is 19.8 Å². The lowest BCUT2D eigenvalue weighted by atomic mass is 10.2. The summed E-state index contributed by atoms with van der Waals surface area (Å²) in [5, 5.41) is 3.01. The lowest BCUT2D eigenvalue weighted by molar-refractivity contribution is -0.117. The average Bonchev–Trinajstić information content (AvgIpc) is 2.37. The fourth-order valence-corrected chi connectivity index (χ4v) is 2.35. The summed E-state index contributed by atoms with van der Waals surface area (Å²) in [6.45, 7) is 1.87. The summed E-state index contributed by atoms with van der Waals surface area (Å²) in [6, 6.07) is 9.45. The zero-order chi connectivity index (χ0) is 13.4. The van der Waals surface area contributed by atoms with Gasteiger partial charge in [0.15, 0.2) is 5.78 Å². The number of sulfone groups is 1. The second-order valence-electron chi connectivity index (χ2n) is 4.10. The summed E-state index contributed by atoms with van der Waals surface area (Å²) < 4.78 is 22.5. The van der Waals surface area contributed by atoms with E-state index in [1.165, 1.54) is 0 Å². The molecule has 100 valence electrons. The molecule has 5 heteroatoms. The smallest absolute Gasteiger partial charge is 0.151 e. The van der Waals surface area contributed by atoms with Crippen molar-refractivity contribution in [1.82, 2.24) is 0 Å². The van der Waals surface area contributed by atoms with E-state index in [2.05, 4.69) is 5.32 Å². The summed E-state index contributed by atoms with van der Waals surface area (Å²) in [5.41, 5.74) is 0.895. The zero-order valence-electron chi connectivity index (χ0n) is 10.6. The Bertz CT molecular complexity index is 468. The fraction of sp³-hybridized carbons (Fsp3) is 0.462. The van der Waals surface area contributed by atoms with Crippen molar-refractivity contribution in [3.8, 4) is 0 Å². The van der Waals surface area contributed by atoms with Crippen LogP contribution in [0.4, 0.5) is 5.69 Å². The number of rotatable bonds is 8. The Kier molecular flexibility index (Phi) is 5.85. The minimum absolute atomic E-state index is 0.0326. The van der Waals surface area contributed by atoms with Gasteiger partial charge in [0.1, 0.15) is 9.84 Å². The molecule has 0 heterocycles. The monoisotopic (exact) mass is 269 g/mol. The average molecular weight is 269 g/mol. The molecular weight excluding hydrogens is 250 g/mol. The minimum Gasteiger partial charge on any atom is -0.378 e. The minimum atomic E-state index is -2.95. The van der Waals surface area contributed by atoms with E-state index in [4.69, 9.17) is 0 Å². The molecule has 0 amide bonds. The number of nitrogens with one attached hydrogen (secondary N) is 1. The van der Waals surface area contributed by atoms with Gasteiger partial charge >= 0.3 is 0 Å². The van der Waals surface area contributed by atoms with Crippen molar-refractivity contribution in [2.24, 2.45) is 0 Å². The zero-order valence-corrected chi connectivity index (χ0v) is 11.4. The predicted octanol–water partition coefficient (Wildman–Crippen LogP) is 1.88. The molecule has 0 aliphatic rings. The van der Waals surface area contributed by atoms with Crippen LogP contribution in [0.3, 0.4) is 0 Å². The van der Waals surface area contributed by atoms with Gasteiger partial charge < -0.3 is 5.32 Å². The summed E-state index contributed by atoms with van der Waals surface area (Å²) in [4.78, 5) is 11.5. The Balaban J connectivity index is 2.23. The summed E-state index contributed by atoms with van der Waals surface area (Å²) >= 11 is 0. The maximum absolute atomic E-state index is 11.5. The molecule has 1 N–H and O–H groups in total. The molecule has 0 bridgehead atoms. The van der Waals surface area contributed by atoms with Crippen LogP contribution in [0, 0.1) is 0 Å². The number of Topliss-reactive ketones (excluding diaryl/α,β-unsaturated/α-hetero) is 1. The van der Waals surface area contributed by atoms with E-state index in [-0.39, 0.29) is 23.8 Å². The number of benzene rings is 1. The van der Waals surface area contributed by atoms with Crippen LogP contribution < -0.4 is 5.32 Å². The molecule has 4 nitrogen and oxygen atoms in total. The highest BCUT2D eigenvalue weighted by Crippen LogP contribution is 2.05. The number of carbonyl (C=O) groups excluding carboxylic acids is 1. The molecule has 0 unspecified atom stereocenters. The van der Waals surface area contributed by atoms with E-state index in [0.717, 1.165) is 5.69 Å². The first-order valence-corrected chi connectivity index (χ1v) is 7.86. The first-order chi connectivity index (χ1) is 8.53. The maximum atomic E-state index is 11.5. The number of para-hydroxylation sites is 1. The van der Waals surface area contributed by atoms with E-state index in [1.54, 1.807) is 6.92 Å². The molecule has 0 aromatic heterocycles. The van der Waals surface area contributed by atoms with Gasteiger partial charge in [-0.15, -0.1) is 0 Å². The van der Waals surface area contributed by atoms with E-state index in [0.29, 0.717) is 12.8 Å². The quantitative estimate of drug-likeness (QED) is 0.782. The molecule has 0 atom stereocenters. The topological polar surface area (TPSA) is 63.2 Å². The molecule has 0 radical (unpaired) electrons. The summed E-state index contributed by atoms with van der Waals surface area (Å²) in [5.74, 6) is 0.273. The molecule has 0 saturated heterocycles. The highest BCUT2D eigenvalue weighted by molar-refractivity contribution is 7.91. The van der Waals surface area contributed by atoms with Crippen LogP contribution >= 0.6 is 0 Å². The third-order valence-corrected chi connectivity index (χ3v) is 4.40. The molecule has 0 aliphatic carbocycles. The predicted molar refractivity (Wildman–Crippen MR) is 73.5 cm³/mol. The maximum Gasteiger partial charge on any atom is 0.151 e. The first kappa shape index (κ1) is 14.7. The van der Waals surface area contributed by atoms with Crippen LogP contribution in [0.1, 0.15) is 19.8 Å². The van der Waals surface area contributed by atoms with Crippen molar-refractivity contribution in [2.75, 3.05) is 23.4 Å². The normalized spacial score (nSPS) is 11.2. The van der Waals surface area contributed by atoms with Gasteiger partial charge in [0.25, 0.3) is 0 Å². The highest BCUT2D eigenvalue weighted by Gasteiger charge is 2.09. The molecule has 1 rings (SSSR count). The number of hydrogen-bond donors (Lipinski definition) is 1. The Morgan fingerprint density at radius 2 is 1.89 bits per heavy atom. The van der Waals surface area contributed by atoms with Gasteiger partial charge in [-0.2, -0.15) is 0 Å². The van der Waals surface area contributed by atoms with Gasteiger partial charge in [0, 0.05) is 17.9 Å². The molecule has 1 aromatic rings. The van der Waals surface area contributed by atoms with Crippen molar-refractivity contribution < 1.29 is 13.2 Å². The molecule has 1 aromatic carbocycles. The van der Waals surface area contributed by atoms with Gasteiger partial charge in [-0.05, 0) is 18.6 Å². The van der Waals surface area contributed by atoms with Crippen LogP contribution in [0.25, 0.3) is 0 Å². The summed E-state index contributed by atoms with van der Waals surface area (Å²) in [6.07, 6.45) is 0.713. The van der Waals surface area contributed by atoms with Gasteiger partial charge in [-0.25, -0.2) is 8.42 Å². The van der Waals surface area contributed by atoms with Crippen molar-refractivity contribution >= 4 is 21.3 Å². The van der Waals surface area contributed by atoms with Crippen LogP contribution in [0.2, 0.25) is 0 Å². The second-order valence-corrected chi connectivity index (χ2v) is 6.57. The largest absolute Gasteiger partial charge is 0.378 e. The van der Waals surface area contributed by atoms with Crippen LogP contribution in [-0.2, 0) is 14.6 Å². The number of anilines is 1. The molecule has 0 aliphatic heterocycles. The van der Waals surface area contributed by atoms with Gasteiger partial charge in [0.05, 0.1) is 12.3 Å². The second kappa shape index (κ2) is 7.16. The fourth-order valence-electron chi connectivity index (χ4n) is 1.48. The van der Waals surface area contributed by atoms with Crippen molar-refractivity contribution in [1.29, 1.82) is 0 Å². The van der Waals surface area contributed by atoms with E-state index in [1.807, 2.05) is 30.3 Å². The number of hydrogen-bond acceptors (Lipinski definition) is 4. The lowest BCUT2D eigenvalue weighted by Gasteiger charge is -2.05. The van der Waals surface area contributed by atoms with Crippen LogP contribution in [0.5, 0.6) is 0 Å². The molecular formula is C13H19NO3S. The van der Waals surface area contributed by atoms with Gasteiger partial charge in [-0.1, -0.05) is 25.1 Å². The van der Waals surface area contributed by atoms with E-state index in [9.17, 15) is 13.2 Å². The van der Waals surface area contributed by atoms with Crippen LogP contribution in [0.15, 0.2) is 30.3 Å². The van der Waals surface area contributed by atoms with Crippen LogP contribution in [-0.4, -0.2) is 32.3 Å². The van der Waals surface area contributed by atoms with Crippen molar-refractivity contribution in [3.63, 3.8) is 0 Å². The molecule has 0 fully saturated rings. The van der Waals surface area contributed by atoms with E-state index >= 15 is 0 Å². The molecule has 0 spiro atoms. The molecule has 18 heavy (non-hydrogen) atoms. The molecule has 0 saturated carbocycles. The Morgan fingerprint density at radius 1 is 1.22 bits per heavy atom. The third-order valence-electron chi connectivity index (χ3n) is 2.61. The Labute approximate surface area is 108 Å². The van der Waals surface area contributed by atoms with Crippen molar-refractivity contribution in [3.05, 3.63) is 30.3 Å². The van der Waals surface area contributed by atoms with Gasteiger partial charge in [0.2, 0.25) is 0 Å². The SMILES string of the molecule is CCS(=O)(=O)CCCC(=O)CNc1ccccc1. The highest BCUT2D eigenvalue weighted by atomic mass is 32.2. The Morgan fingerprint density at radius 3 is 2.50 bits per heavy atom. The van der Waals surface area contributed by atoms with E-state index < -0.39 is 9.84 Å². The Hall–Kier alpha value is -1.36. The standard InChI is InChI=1S/C13H19NO3S/c1-2-18(16,17)10-6-9-13(15)11-14-12-7-4-3-5-8-12/h3-5,7-8,14H,2,6,9-11H2,1H3. The number of ketones is 1. The number of carbonyl (C=O) groups is 1. The first-order valence-electron chi connectivity index (χ1n) is 6.04. The lowest BCUT2D eigenvalue weighted by Crippen LogP contribution is -2.16. The third kappa shape index (κ3) is 5.82.